The second-order valence-electron chi connectivity index (χ2n) is 3.27. The number of pyridine rings is 1. The van der Waals surface area contributed by atoms with Crippen LogP contribution in [0.1, 0.15) is 17.3 Å². The van der Waals surface area contributed by atoms with E-state index < -0.39 is 0 Å². The minimum atomic E-state index is -0.165. The van der Waals surface area contributed by atoms with Crippen molar-refractivity contribution >= 4 is 23.5 Å². The van der Waals surface area contributed by atoms with Gasteiger partial charge in [-0.1, -0.05) is 0 Å². The van der Waals surface area contributed by atoms with E-state index in [1.165, 1.54) is 0 Å². The molecule has 3 N–H and O–H groups in total. The molecule has 4 nitrogen and oxygen atoms in total. The zero-order valence-corrected chi connectivity index (χ0v) is 9.67. The van der Waals surface area contributed by atoms with Gasteiger partial charge in [0, 0.05) is 18.0 Å². The summed E-state index contributed by atoms with van der Waals surface area (Å²) >= 11 is 1.69. The zero-order chi connectivity index (χ0) is 11.3. The molecule has 0 saturated carbocycles. The maximum atomic E-state index is 11.7. The van der Waals surface area contributed by atoms with E-state index in [0.29, 0.717) is 5.56 Å². The molecular weight excluding hydrogens is 210 g/mol. The number of nitrogens with two attached hydrogens (primary N) is 1. The number of hydrogen-bond acceptors (Lipinski definition) is 4. The highest BCUT2D eigenvalue weighted by Gasteiger charge is 2.12. The second kappa shape index (κ2) is 5.60. The average molecular weight is 225 g/mol. The quantitative estimate of drug-likeness (QED) is 0.806. The lowest BCUT2D eigenvalue weighted by Gasteiger charge is -2.12. The first-order chi connectivity index (χ1) is 7.15. The highest BCUT2D eigenvalue weighted by Crippen LogP contribution is 2.07. The SMILES string of the molecule is CSCC(C)NC(=O)c1cccnc1N. The molecule has 5 heteroatoms. The summed E-state index contributed by atoms with van der Waals surface area (Å²) in [6.45, 7) is 1.96. The van der Waals surface area contributed by atoms with Gasteiger partial charge in [0.15, 0.2) is 0 Å². The van der Waals surface area contributed by atoms with Crippen LogP contribution in [0, 0.1) is 0 Å². The van der Waals surface area contributed by atoms with Crippen LogP contribution in [-0.2, 0) is 0 Å². The van der Waals surface area contributed by atoms with Gasteiger partial charge in [0.25, 0.3) is 5.91 Å². The summed E-state index contributed by atoms with van der Waals surface area (Å²) in [5.74, 6) is 0.986. The Balaban J connectivity index is 2.65. The largest absolute Gasteiger partial charge is 0.383 e. The zero-order valence-electron chi connectivity index (χ0n) is 8.86. The molecule has 82 valence electrons. The third-order valence-electron chi connectivity index (χ3n) is 1.88. The maximum absolute atomic E-state index is 11.7. The molecule has 1 rings (SSSR count). The van der Waals surface area contributed by atoms with Gasteiger partial charge in [0.05, 0.1) is 5.56 Å². The molecule has 1 aromatic heterocycles. The van der Waals surface area contributed by atoms with Gasteiger partial charge in [-0.25, -0.2) is 4.98 Å². The van der Waals surface area contributed by atoms with Crippen LogP contribution >= 0.6 is 11.8 Å². The second-order valence-corrected chi connectivity index (χ2v) is 4.18. The van der Waals surface area contributed by atoms with Crippen LogP contribution in [-0.4, -0.2) is 28.9 Å². The summed E-state index contributed by atoms with van der Waals surface area (Å²) in [6, 6.07) is 3.50. The number of rotatable bonds is 4. The van der Waals surface area contributed by atoms with Crippen LogP contribution in [0.5, 0.6) is 0 Å². The number of hydrogen-bond donors (Lipinski definition) is 2. The summed E-state index contributed by atoms with van der Waals surface area (Å²) in [5, 5.41) is 2.86. The van der Waals surface area contributed by atoms with Crippen molar-refractivity contribution in [3.8, 4) is 0 Å². The predicted octanol–water partition coefficient (Wildman–Crippen LogP) is 1.15. The Morgan fingerprint density at radius 2 is 2.47 bits per heavy atom. The van der Waals surface area contributed by atoms with E-state index in [1.54, 1.807) is 30.1 Å². The Kier molecular flexibility index (Phi) is 4.42. The van der Waals surface area contributed by atoms with E-state index in [4.69, 9.17) is 5.73 Å². The molecule has 0 radical (unpaired) electrons. The normalized spacial score (nSPS) is 12.1. The van der Waals surface area contributed by atoms with Gasteiger partial charge in [-0.15, -0.1) is 0 Å². The van der Waals surface area contributed by atoms with Gasteiger partial charge in [-0.3, -0.25) is 4.79 Å². The van der Waals surface area contributed by atoms with Gasteiger partial charge in [-0.05, 0) is 25.3 Å². The number of nitrogens with one attached hydrogen (secondary N) is 1. The van der Waals surface area contributed by atoms with E-state index in [9.17, 15) is 4.79 Å². The summed E-state index contributed by atoms with van der Waals surface area (Å²) in [7, 11) is 0. The third kappa shape index (κ3) is 3.43. The summed E-state index contributed by atoms with van der Waals surface area (Å²) in [4.78, 5) is 15.6. The molecule has 1 atom stereocenters. The van der Waals surface area contributed by atoms with E-state index >= 15 is 0 Å². The van der Waals surface area contributed by atoms with Crippen molar-refractivity contribution in [2.45, 2.75) is 13.0 Å². The van der Waals surface area contributed by atoms with Gasteiger partial charge in [0.2, 0.25) is 0 Å². The van der Waals surface area contributed by atoms with Crippen LogP contribution in [0.25, 0.3) is 0 Å². The number of carbonyl (C=O) groups excluding carboxylic acids is 1. The number of nitrogen functional groups attached to an aromatic ring is 1. The Morgan fingerprint density at radius 3 is 3.07 bits per heavy atom. The van der Waals surface area contributed by atoms with Crippen molar-refractivity contribution in [1.82, 2.24) is 10.3 Å². The lowest BCUT2D eigenvalue weighted by molar-refractivity contribution is 0.0944. The molecule has 15 heavy (non-hydrogen) atoms. The first kappa shape index (κ1) is 11.8. The first-order valence-electron chi connectivity index (χ1n) is 4.65. The average Bonchev–Trinajstić information content (AvgIpc) is 2.18. The Morgan fingerprint density at radius 1 is 1.73 bits per heavy atom. The summed E-state index contributed by atoms with van der Waals surface area (Å²) in [5.41, 5.74) is 6.03. The molecule has 0 aromatic carbocycles. The van der Waals surface area contributed by atoms with E-state index in [0.717, 1.165) is 5.75 Å². The van der Waals surface area contributed by atoms with Gasteiger partial charge >= 0.3 is 0 Å². The Labute approximate surface area is 93.7 Å². The van der Waals surface area contributed by atoms with Gasteiger partial charge in [-0.2, -0.15) is 11.8 Å². The van der Waals surface area contributed by atoms with Crippen LogP contribution < -0.4 is 11.1 Å². The number of carbonyl (C=O) groups is 1. The topological polar surface area (TPSA) is 68.0 Å². The number of amides is 1. The smallest absolute Gasteiger partial charge is 0.255 e. The van der Waals surface area contributed by atoms with Crippen molar-refractivity contribution in [3.05, 3.63) is 23.9 Å². The standard InChI is InChI=1S/C10H15N3OS/c1-7(6-15-2)13-10(14)8-4-3-5-12-9(8)11/h3-5,7H,6H2,1-2H3,(H2,11,12)(H,13,14). The molecule has 0 saturated heterocycles. The monoisotopic (exact) mass is 225 g/mol. The van der Waals surface area contributed by atoms with E-state index in [-0.39, 0.29) is 17.8 Å². The lowest BCUT2D eigenvalue weighted by Crippen LogP contribution is -2.34. The van der Waals surface area contributed by atoms with E-state index in [1.807, 2.05) is 13.2 Å². The van der Waals surface area contributed by atoms with Gasteiger partial charge < -0.3 is 11.1 Å². The molecule has 0 spiro atoms. The number of nitrogens with zero attached hydrogens (tertiary/aromatic N) is 1. The third-order valence-corrected chi connectivity index (χ3v) is 2.71. The molecule has 1 unspecified atom stereocenters. The molecular formula is C10H15N3OS. The fourth-order valence-corrected chi connectivity index (χ4v) is 1.79. The minimum Gasteiger partial charge on any atom is -0.383 e. The molecule has 1 amide bonds. The molecule has 0 fully saturated rings. The predicted molar refractivity (Wildman–Crippen MR) is 64.0 cm³/mol. The van der Waals surface area contributed by atoms with Gasteiger partial charge in [0.1, 0.15) is 5.82 Å². The lowest BCUT2D eigenvalue weighted by atomic mass is 10.2. The fourth-order valence-electron chi connectivity index (χ4n) is 1.20. The number of anilines is 1. The van der Waals surface area contributed by atoms with Crippen molar-refractivity contribution in [2.24, 2.45) is 0 Å². The molecule has 0 aliphatic rings. The molecule has 1 heterocycles. The van der Waals surface area contributed by atoms with Crippen LogP contribution in [0.3, 0.4) is 0 Å². The molecule has 0 bridgehead atoms. The van der Waals surface area contributed by atoms with Crippen molar-refractivity contribution < 1.29 is 4.79 Å². The first-order valence-corrected chi connectivity index (χ1v) is 6.04. The summed E-state index contributed by atoms with van der Waals surface area (Å²) in [6.07, 6.45) is 3.57. The summed E-state index contributed by atoms with van der Waals surface area (Å²) < 4.78 is 0. The Bertz CT molecular complexity index is 343. The highest BCUT2D eigenvalue weighted by molar-refractivity contribution is 7.98. The van der Waals surface area contributed by atoms with Crippen LogP contribution in [0.2, 0.25) is 0 Å². The molecule has 1 aromatic rings. The maximum Gasteiger partial charge on any atom is 0.255 e. The fraction of sp³-hybridized carbons (Fsp3) is 0.400. The van der Waals surface area contributed by atoms with Crippen LogP contribution in [0.4, 0.5) is 5.82 Å². The van der Waals surface area contributed by atoms with E-state index in [2.05, 4.69) is 10.3 Å². The van der Waals surface area contributed by atoms with Crippen molar-refractivity contribution in [2.75, 3.05) is 17.7 Å². The van der Waals surface area contributed by atoms with Crippen molar-refractivity contribution in [1.29, 1.82) is 0 Å². The minimum absolute atomic E-state index is 0.132. The molecule has 0 aliphatic carbocycles. The Hall–Kier alpha value is -1.23. The van der Waals surface area contributed by atoms with Crippen LogP contribution in [0.15, 0.2) is 18.3 Å². The highest BCUT2D eigenvalue weighted by atomic mass is 32.2. The molecule has 0 aliphatic heterocycles. The van der Waals surface area contributed by atoms with Crippen molar-refractivity contribution in [3.63, 3.8) is 0 Å². The number of aromatic nitrogens is 1. The number of thioether (sulfide) groups is 1.